The first kappa shape index (κ1) is 15.5. The molecule has 2 fully saturated rings. The van der Waals surface area contributed by atoms with Gasteiger partial charge in [-0.05, 0) is 19.8 Å². The highest BCUT2D eigenvalue weighted by Crippen LogP contribution is 2.33. The molecule has 3 N–H and O–H groups in total. The molecule has 22 heavy (non-hydrogen) atoms. The van der Waals surface area contributed by atoms with Gasteiger partial charge < -0.3 is 15.6 Å². The van der Waals surface area contributed by atoms with Gasteiger partial charge in [0.2, 0.25) is 5.91 Å². The smallest absolute Gasteiger partial charge is 0.227 e. The summed E-state index contributed by atoms with van der Waals surface area (Å²) in [7, 11) is 0. The lowest BCUT2D eigenvalue weighted by Crippen LogP contribution is -2.57. The Morgan fingerprint density at radius 3 is 2.82 bits per heavy atom. The number of aromatic amines is 1. The maximum atomic E-state index is 12.8. The van der Waals surface area contributed by atoms with Gasteiger partial charge in [0.1, 0.15) is 5.82 Å². The van der Waals surface area contributed by atoms with E-state index in [0.29, 0.717) is 0 Å². The Morgan fingerprint density at radius 2 is 2.18 bits per heavy atom. The van der Waals surface area contributed by atoms with Crippen LogP contribution in [0.15, 0.2) is 12.4 Å². The topological polar surface area (TPSA) is 78.2 Å². The van der Waals surface area contributed by atoms with Crippen LogP contribution in [0.2, 0.25) is 0 Å². The number of nitrogens with two attached hydrogens (primary N) is 1. The maximum Gasteiger partial charge on any atom is 0.227 e. The van der Waals surface area contributed by atoms with Gasteiger partial charge in [0.05, 0.1) is 12.5 Å². The minimum Gasteiger partial charge on any atom is -0.348 e. The van der Waals surface area contributed by atoms with E-state index in [1.807, 2.05) is 18.0 Å². The molecule has 6 heteroatoms. The van der Waals surface area contributed by atoms with Crippen LogP contribution in [0.25, 0.3) is 0 Å². The van der Waals surface area contributed by atoms with Crippen molar-refractivity contribution in [3.05, 3.63) is 18.2 Å². The van der Waals surface area contributed by atoms with Crippen molar-refractivity contribution in [2.75, 3.05) is 26.2 Å². The first-order valence-corrected chi connectivity index (χ1v) is 8.34. The van der Waals surface area contributed by atoms with Crippen molar-refractivity contribution in [3.8, 4) is 0 Å². The second kappa shape index (κ2) is 6.38. The summed E-state index contributed by atoms with van der Waals surface area (Å²) in [6.45, 7) is 6.27. The Balaban J connectivity index is 1.53. The van der Waals surface area contributed by atoms with Crippen molar-refractivity contribution in [1.29, 1.82) is 0 Å². The van der Waals surface area contributed by atoms with Crippen LogP contribution in [0.4, 0.5) is 0 Å². The number of carbonyl (C=O) groups excluding carboxylic acids is 1. The van der Waals surface area contributed by atoms with Crippen molar-refractivity contribution < 1.29 is 4.79 Å². The molecule has 6 nitrogen and oxygen atoms in total. The zero-order chi connectivity index (χ0) is 15.6. The molecule has 1 saturated heterocycles. The standard InChI is InChI=1S/C16H27N5O/c1-16(17)5-3-2-4-13(16)15(22)21-10-8-20(9-11-21)12-14-18-6-7-19-14/h6-7,13H,2-5,8-12,17H2,1H3,(H,18,19). The Hall–Kier alpha value is -1.40. The molecule has 2 atom stereocenters. The van der Waals surface area contributed by atoms with Crippen LogP contribution in [-0.2, 0) is 11.3 Å². The van der Waals surface area contributed by atoms with Crippen LogP contribution < -0.4 is 5.73 Å². The number of hydrogen-bond acceptors (Lipinski definition) is 4. The zero-order valence-electron chi connectivity index (χ0n) is 13.4. The van der Waals surface area contributed by atoms with Gasteiger partial charge in [-0.15, -0.1) is 0 Å². The second-order valence-electron chi connectivity index (χ2n) is 6.94. The summed E-state index contributed by atoms with van der Waals surface area (Å²) in [5.41, 5.74) is 6.04. The van der Waals surface area contributed by atoms with Crippen LogP contribution in [0, 0.1) is 5.92 Å². The van der Waals surface area contributed by atoms with E-state index in [2.05, 4.69) is 14.9 Å². The Kier molecular flexibility index (Phi) is 4.49. The van der Waals surface area contributed by atoms with E-state index in [9.17, 15) is 4.79 Å². The summed E-state index contributed by atoms with van der Waals surface area (Å²) in [6, 6.07) is 0. The molecule has 2 heterocycles. The van der Waals surface area contributed by atoms with Crippen LogP contribution in [-0.4, -0.2) is 57.4 Å². The van der Waals surface area contributed by atoms with Crippen LogP contribution in [0.3, 0.4) is 0 Å². The van der Waals surface area contributed by atoms with E-state index in [0.717, 1.165) is 64.2 Å². The molecule has 2 aliphatic rings. The van der Waals surface area contributed by atoms with Crippen molar-refractivity contribution in [3.63, 3.8) is 0 Å². The SMILES string of the molecule is CC1(N)CCCCC1C(=O)N1CCN(Cc2ncc[nH]2)CC1. The molecular weight excluding hydrogens is 278 g/mol. The largest absolute Gasteiger partial charge is 0.348 e. The third kappa shape index (κ3) is 3.33. The van der Waals surface area contributed by atoms with Gasteiger partial charge >= 0.3 is 0 Å². The third-order valence-electron chi connectivity index (χ3n) is 5.16. The molecule has 0 aromatic carbocycles. The lowest BCUT2D eigenvalue weighted by molar-refractivity contribution is -0.140. The van der Waals surface area contributed by atoms with Crippen molar-refractivity contribution >= 4 is 5.91 Å². The van der Waals surface area contributed by atoms with Gasteiger partial charge in [-0.2, -0.15) is 0 Å². The average molecular weight is 305 g/mol. The number of nitrogens with one attached hydrogen (secondary N) is 1. The van der Waals surface area contributed by atoms with Crippen LogP contribution >= 0.6 is 0 Å². The van der Waals surface area contributed by atoms with Gasteiger partial charge in [0, 0.05) is 44.1 Å². The summed E-state index contributed by atoms with van der Waals surface area (Å²) in [6.07, 6.45) is 7.80. The van der Waals surface area contributed by atoms with Gasteiger partial charge in [-0.25, -0.2) is 4.98 Å². The molecule has 1 aliphatic heterocycles. The quantitative estimate of drug-likeness (QED) is 0.872. The second-order valence-corrected chi connectivity index (χ2v) is 6.94. The summed E-state index contributed by atoms with van der Waals surface area (Å²) in [4.78, 5) is 24.5. The fraction of sp³-hybridized carbons (Fsp3) is 0.750. The zero-order valence-corrected chi connectivity index (χ0v) is 13.4. The van der Waals surface area contributed by atoms with E-state index in [4.69, 9.17) is 5.73 Å². The summed E-state index contributed by atoms with van der Waals surface area (Å²) in [5.74, 6) is 1.25. The number of carbonyl (C=O) groups is 1. The highest BCUT2D eigenvalue weighted by Gasteiger charge is 2.40. The Morgan fingerprint density at radius 1 is 1.41 bits per heavy atom. The van der Waals surface area contributed by atoms with Gasteiger partial charge in [0.15, 0.2) is 0 Å². The van der Waals surface area contributed by atoms with E-state index >= 15 is 0 Å². The van der Waals surface area contributed by atoms with Gasteiger partial charge in [-0.1, -0.05) is 12.8 Å². The first-order valence-electron chi connectivity index (χ1n) is 8.34. The number of amides is 1. The van der Waals surface area contributed by atoms with E-state index < -0.39 is 0 Å². The van der Waals surface area contributed by atoms with E-state index in [-0.39, 0.29) is 17.4 Å². The molecule has 1 saturated carbocycles. The molecule has 1 amide bonds. The number of hydrogen-bond donors (Lipinski definition) is 2. The predicted octanol–water partition coefficient (Wildman–Crippen LogP) is 0.962. The highest BCUT2D eigenvalue weighted by atomic mass is 16.2. The lowest BCUT2D eigenvalue weighted by atomic mass is 9.74. The monoisotopic (exact) mass is 305 g/mol. The fourth-order valence-corrected chi connectivity index (χ4v) is 3.71. The molecule has 3 rings (SSSR count). The molecule has 2 unspecified atom stereocenters. The number of piperazine rings is 1. The minimum atomic E-state index is -0.333. The molecule has 1 aliphatic carbocycles. The number of nitrogens with zero attached hydrogens (tertiary/aromatic N) is 3. The van der Waals surface area contributed by atoms with E-state index in [1.165, 1.54) is 0 Å². The molecule has 0 radical (unpaired) electrons. The van der Waals surface area contributed by atoms with Crippen molar-refractivity contribution in [1.82, 2.24) is 19.8 Å². The number of rotatable bonds is 3. The average Bonchev–Trinajstić information content (AvgIpc) is 3.00. The maximum absolute atomic E-state index is 12.8. The molecule has 1 aromatic heterocycles. The van der Waals surface area contributed by atoms with Gasteiger partial charge in [-0.3, -0.25) is 9.69 Å². The summed E-state index contributed by atoms with van der Waals surface area (Å²) in [5, 5.41) is 0. The molecule has 1 aromatic rings. The normalized spacial score (nSPS) is 30.5. The Bertz CT molecular complexity index is 491. The Labute approximate surface area is 132 Å². The predicted molar refractivity (Wildman–Crippen MR) is 85.0 cm³/mol. The molecular formula is C16H27N5O. The van der Waals surface area contributed by atoms with Crippen molar-refractivity contribution in [2.45, 2.75) is 44.7 Å². The summed E-state index contributed by atoms with van der Waals surface area (Å²) < 4.78 is 0. The van der Waals surface area contributed by atoms with Crippen molar-refractivity contribution in [2.24, 2.45) is 11.7 Å². The first-order chi connectivity index (χ1) is 10.6. The number of imidazole rings is 1. The molecule has 122 valence electrons. The molecule has 0 spiro atoms. The fourth-order valence-electron chi connectivity index (χ4n) is 3.71. The third-order valence-corrected chi connectivity index (χ3v) is 5.16. The minimum absolute atomic E-state index is 0.00197. The van der Waals surface area contributed by atoms with E-state index in [1.54, 1.807) is 6.20 Å². The van der Waals surface area contributed by atoms with Crippen LogP contribution in [0.5, 0.6) is 0 Å². The highest BCUT2D eigenvalue weighted by molar-refractivity contribution is 5.80. The van der Waals surface area contributed by atoms with Crippen LogP contribution in [0.1, 0.15) is 38.4 Å². The van der Waals surface area contributed by atoms with Gasteiger partial charge in [0.25, 0.3) is 0 Å². The number of H-pyrrole nitrogens is 1. The number of aromatic nitrogens is 2. The lowest BCUT2D eigenvalue weighted by Gasteiger charge is -2.42. The molecule has 0 bridgehead atoms. The summed E-state index contributed by atoms with van der Waals surface area (Å²) >= 11 is 0.